The van der Waals surface area contributed by atoms with Crippen molar-refractivity contribution in [2.45, 2.75) is 111 Å². The van der Waals surface area contributed by atoms with Crippen LogP contribution in [0, 0.1) is 46.3 Å². The van der Waals surface area contributed by atoms with Crippen LogP contribution in [0.5, 0.6) is 0 Å². The molecule has 0 bridgehead atoms. The van der Waals surface area contributed by atoms with E-state index in [4.69, 9.17) is 0 Å². The third kappa shape index (κ3) is 4.50. The minimum atomic E-state index is 0.393. The highest BCUT2D eigenvalue weighted by Gasteiger charge is 2.59. The minimum Gasteiger partial charge on any atom is -0.249 e. The fourth-order valence-corrected chi connectivity index (χ4v) is 10.1. The Kier molecular flexibility index (Phi) is 7.10. The summed E-state index contributed by atoms with van der Waals surface area (Å²) in [5.41, 5.74) is 4.87. The number of benzene rings is 1. The van der Waals surface area contributed by atoms with Gasteiger partial charge in [-0.2, -0.15) is 0 Å². The van der Waals surface area contributed by atoms with Crippen molar-refractivity contribution >= 4 is 0 Å². The molecular formula is C35H51N3. The van der Waals surface area contributed by atoms with Gasteiger partial charge in [-0.15, -0.1) is 5.10 Å². The molecule has 3 saturated carbocycles. The van der Waals surface area contributed by atoms with Gasteiger partial charge in [-0.05, 0) is 97.7 Å². The second-order valence-corrected chi connectivity index (χ2v) is 14.6. The number of allylic oxidation sites excluding steroid dienone is 2. The lowest BCUT2D eigenvalue weighted by molar-refractivity contribution is -0.0525. The van der Waals surface area contributed by atoms with Gasteiger partial charge < -0.3 is 0 Å². The maximum Gasteiger partial charge on any atom is 0.113 e. The van der Waals surface area contributed by atoms with E-state index in [-0.39, 0.29) is 0 Å². The van der Waals surface area contributed by atoms with E-state index >= 15 is 0 Å². The topological polar surface area (TPSA) is 30.7 Å². The van der Waals surface area contributed by atoms with E-state index < -0.39 is 0 Å². The van der Waals surface area contributed by atoms with Crippen molar-refractivity contribution < 1.29 is 0 Å². The van der Waals surface area contributed by atoms with Gasteiger partial charge >= 0.3 is 0 Å². The van der Waals surface area contributed by atoms with Gasteiger partial charge in [0.05, 0.1) is 12.2 Å². The van der Waals surface area contributed by atoms with Crippen LogP contribution in [0.3, 0.4) is 0 Å². The van der Waals surface area contributed by atoms with Crippen molar-refractivity contribution in [2.75, 3.05) is 0 Å². The number of aromatic nitrogens is 3. The van der Waals surface area contributed by atoms with Crippen LogP contribution in [0.25, 0.3) is 11.3 Å². The largest absolute Gasteiger partial charge is 0.249 e. The molecule has 0 unspecified atom stereocenters. The Morgan fingerprint density at radius 2 is 1.76 bits per heavy atom. The zero-order valence-electron chi connectivity index (χ0n) is 24.7. The maximum absolute atomic E-state index is 4.61. The number of rotatable bonds is 7. The van der Waals surface area contributed by atoms with Crippen molar-refractivity contribution in [1.82, 2.24) is 15.0 Å². The van der Waals surface area contributed by atoms with Gasteiger partial charge in [0.25, 0.3) is 0 Å². The van der Waals surface area contributed by atoms with E-state index in [1.165, 1.54) is 64.2 Å². The summed E-state index contributed by atoms with van der Waals surface area (Å²) < 4.78 is 2.18. The molecule has 0 spiro atoms. The van der Waals surface area contributed by atoms with Crippen molar-refractivity contribution in [2.24, 2.45) is 46.3 Å². The standard InChI is InChI=1S/C35H51N3/c1-24(2)10-9-11-25(3)30-16-17-31-29-15-14-27-22-28(18-20-34(27,4)32(29)19-21-35(30,31)5)38-23-33(36-37-38)26-12-7-6-8-13-26/h6-8,12-14,23-25,28-32H,9-11,15-22H2,1-5H3/t25-,28+,29+,30-,31+,32+,34+,35-/m1/s1. The Balaban J connectivity index is 1.16. The highest BCUT2D eigenvalue weighted by molar-refractivity contribution is 5.57. The molecular weight excluding hydrogens is 462 g/mol. The van der Waals surface area contributed by atoms with Gasteiger partial charge in [0.1, 0.15) is 5.69 Å². The molecule has 1 aromatic heterocycles. The van der Waals surface area contributed by atoms with Crippen LogP contribution in [0.4, 0.5) is 0 Å². The molecule has 4 aliphatic rings. The smallest absolute Gasteiger partial charge is 0.113 e. The quantitative estimate of drug-likeness (QED) is 0.345. The normalized spacial score (nSPS) is 37.3. The third-order valence-corrected chi connectivity index (χ3v) is 12.2. The summed E-state index contributed by atoms with van der Waals surface area (Å²) in [5.74, 6) is 5.41. The fourth-order valence-electron chi connectivity index (χ4n) is 10.1. The van der Waals surface area contributed by atoms with E-state index in [9.17, 15) is 0 Å². The van der Waals surface area contributed by atoms with Gasteiger partial charge in [0, 0.05) is 5.56 Å². The van der Waals surface area contributed by atoms with Crippen molar-refractivity contribution in [3.05, 3.63) is 48.2 Å². The molecule has 206 valence electrons. The molecule has 0 radical (unpaired) electrons. The number of fused-ring (bicyclic) bond motifs is 5. The van der Waals surface area contributed by atoms with Gasteiger partial charge in [-0.25, -0.2) is 4.68 Å². The third-order valence-electron chi connectivity index (χ3n) is 12.2. The van der Waals surface area contributed by atoms with Crippen LogP contribution < -0.4 is 0 Å². The van der Waals surface area contributed by atoms with Crippen LogP contribution in [0.1, 0.15) is 111 Å². The second-order valence-electron chi connectivity index (χ2n) is 14.6. The highest BCUT2D eigenvalue weighted by atomic mass is 15.4. The summed E-state index contributed by atoms with van der Waals surface area (Å²) in [6.45, 7) is 12.7. The van der Waals surface area contributed by atoms with Gasteiger partial charge in [0.2, 0.25) is 0 Å². The summed E-state index contributed by atoms with van der Waals surface area (Å²) in [5, 5.41) is 9.14. The van der Waals surface area contributed by atoms with E-state index in [1.54, 1.807) is 5.57 Å². The van der Waals surface area contributed by atoms with Crippen molar-refractivity contribution in [3.8, 4) is 11.3 Å². The Morgan fingerprint density at radius 3 is 2.55 bits per heavy atom. The van der Waals surface area contributed by atoms with E-state index in [2.05, 4.69) is 92.2 Å². The lowest BCUT2D eigenvalue weighted by atomic mass is 9.47. The molecule has 3 heteroatoms. The molecule has 6 rings (SSSR count). The minimum absolute atomic E-state index is 0.393. The molecule has 0 amide bonds. The molecule has 0 aliphatic heterocycles. The first-order chi connectivity index (χ1) is 18.3. The van der Waals surface area contributed by atoms with E-state index in [0.29, 0.717) is 16.9 Å². The Bertz CT molecular complexity index is 1130. The van der Waals surface area contributed by atoms with Crippen LogP contribution in [0.15, 0.2) is 48.2 Å². The molecule has 2 aromatic rings. The van der Waals surface area contributed by atoms with Crippen LogP contribution >= 0.6 is 0 Å². The Morgan fingerprint density at radius 1 is 0.947 bits per heavy atom. The average Bonchev–Trinajstić information content (AvgIpc) is 3.53. The number of nitrogens with zero attached hydrogens (tertiary/aromatic N) is 3. The number of hydrogen-bond donors (Lipinski definition) is 0. The monoisotopic (exact) mass is 513 g/mol. The van der Waals surface area contributed by atoms with Crippen LogP contribution in [0.2, 0.25) is 0 Å². The molecule has 3 fully saturated rings. The Labute approximate surface area is 231 Å². The summed E-state index contributed by atoms with van der Waals surface area (Å²) in [7, 11) is 0. The van der Waals surface area contributed by atoms with E-state index in [0.717, 1.165) is 53.2 Å². The summed E-state index contributed by atoms with van der Waals surface area (Å²) >= 11 is 0. The molecule has 1 heterocycles. The summed E-state index contributed by atoms with van der Waals surface area (Å²) in [6.07, 6.45) is 20.1. The predicted molar refractivity (Wildman–Crippen MR) is 158 cm³/mol. The summed E-state index contributed by atoms with van der Waals surface area (Å²) in [6, 6.07) is 10.9. The first-order valence-corrected chi connectivity index (χ1v) is 16.0. The lowest BCUT2D eigenvalue weighted by Gasteiger charge is -2.58. The first kappa shape index (κ1) is 26.3. The van der Waals surface area contributed by atoms with Gasteiger partial charge in [0.15, 0.2) is 0 Å². The molecule has 38 heavy (non-hydrogen) atoms. The van der Waals surface area contributed by atoms with E-state index in [1.807, 2.05) is 0 Å². The number of hydrogen-bond acceptors (Lipinski definition) is 2. The summed E-state index contributed by atoms with van der Waals surface area (Å²) in [4.78, 5) is 0. The molecule has 0 N–H and O–H groups in total. The molecule has 3 nitrogen and oxygen atoms in total. The molecule has 4 aliphatic carbocycles. The first-order valence-electron chi connectivity index (χ1n) is 16.0. The molecule has 1 aromatic carbocycles. The fraction of sp³-hybridized carbons (Fsp3) is 0.714. The Hall–Kier alpha value is -1.90. The highest BCUT2D eigenvalue weighted by Crippen LogP contribution is 2.67. The van der Waals surface area contributed by atoms with Crippen molar-refractivity contribution in [3.63, 3.8) is 0 Å². The van der Waals surface area contributed by atoms with Crippen LogP contribution in [-0.2, 0) is 0 Å². The second kappa shape index (κ2) is 10.3. The molecule has 8 atom stereocenters. The predicted octanol–water partition coefficient (Wildman–Crippen LogP) is 9.53. The van der Waals surface area contributed by atoms with Gasteiger partial charge in [-0.1, -0.05) is 101 Å². The lowest BCUT2D eigenvalue weighted by Crippen LogP contribution is -2.50. The SMILES string of the molecule is CC(C)CCC[C@@H](C)[C@H]1CC[C@H]2[C@@H]3CC=C4C[C@@H](n5cc(-c6ccccc6)nn5)CC[C@]4(C)[C@H]3CC[C@]12C. The maximum atomic E-state index is 4.61. The van der Waals surface area contributed by atoms with Gasteiger partial charge in [-0.3, -0.25) is 0 Å². The van der Waals surface area contributed by atoms with Crippen molar-refractivity contribution in [1.29, 1.82) is 0 Å². The zero-order valence-corrected chi connectivity index (χ0v) is 24.7. The average molecular weight is 514 g/mol. The van der Waals surface area contributed by atoms with Crippen LogP contribution in [-0.4, -0.2) is 15.0 Å². The zero-order chi connectivity index (χ0) is 26.5. The molecule has 0 saturated heterocycles.